The molecule has 2 unspecified atom stereocenters. The van der Waals surface area contributed by atoms with E-state index in [0.29, 0.717) is 11.8 Å². The summed E-state index contributed by atoms with van der Waals surface area (Å²) < 4.78 is 5.23. The standard InChI is InChI=1S/C11H18O2/c1-9-3-4-11(10(2)7-9)8-13-6-5-12/h5,7,10-11H,3-4,6,8H2,1-2H3. The minimum atomic E-state index is 0.242. The molecule has 0 saturated heterocycles. The third-order valence-electron chi connectivity index (χ3n) is 2.72. The van der Waals surface area contributed by atoms with Crippen molar-refractivity contribution in [2.24, 2.45) is 11.8 Å². The zero-order valence-electron chi connectivity index (χ0n) is 8.45. The summed E-state index contributed by atoms with van der Waals surface area (Å²) in [5.41, 5.74) is 1.49. The summed E-state index contributed by atoms with van der Waals surface area (Å²) in [5, 5.41) is 0. The molecule has 2 nitrogen and oxygen atoms in total. The second-order valence-electron chi connectivity index (χ2n) is 3.88. The third kappa shape index (κ3) is 3.31. The second kappa shape index (κ2) is 5.18. The Morgan fingerprint density at radius 1 is 1.69 bits per heavy atom. The average molecular weight is 182 g/mol. The van der Waals surface area contributed by atoms with Gasteiger partial charge in [-0.3, -0.25) is 0 Å². The van der Waals surface area contributed by atoms with Crippen LogP contribution in [0.3, 0.4) is 0 Å². The van der Waals surface area contributed by atoms with Crippen molar-refractivity contribution in [3.63, 3.8) is 0 Å². The van der Waals surface area contributed by atoms with Gasteiger partial charge in [0.1, 0.15) is 12.9 Å². The number of carbonyl (C=O) groups excluding carboxylic acids is 1. The van der Waals surface area contributed by atoms with Gasteiger partial charge >= 0.3 is 0 Å². The number of hydrogen-bond acceptors (Lipinski definition) is 2. The zero-order valence-corrected chi connectivity index (χ0v) is 8.45. The van der Waals surface area contributed by atoms with Gasteiger partial charge in [0.05, 0.1) is 6.61 Å². The van der Waals surface area contributed by atoms with Crippen molar-refractivity contribution in [2.45, 2.75) is 26.7 Å². The van der Waals surface area contributed by atoms with E-state index >= 15 is 0 Å². The fourth-order valence-electron chi connectivity index (χ4n) is 1.85. The van der Waals surface area contributed by atoms with Crippen LogP contribution in [0.5, 0.6) is 0 Å². The molecule has 0 radical (unpaired) electrons. The lowest BCUT2D eigenvalue weighted by molar-refractivity contribution is -0.112. The molecule has 1 aliphatic carbocycles. The number of hydrogen-bond donors (Lipinski definition) is 0. The normalized spacial score (nSPS) is 28.3. The molecule has 2 atom stereocenters. The fraction of sp³-hybridized carbons (Fsp3) is 0.727. The quantitative estimate of drug-likeness (QED) is 0.378. The summed E-state index contributed by atoms with van der Waals surface area (Å²) in [6.45, 7) is 5.37. The number of ether oxygens (including phenoxy) is 1. The van der Waals surface area contributed by atoms with Gasteiger partial charge in [-0.2, -0.15) is 0 Å². The van der Waals surface area contributed by atoms with E-state index in [2.05, 4.69) is 19.9 Å². The van der Waals surface area contributed by atoms with Crippen LogP contribution in [-0.4, -0.2) is 19.5 Å². The van der Waals surface area contributed by atoms with Crippen molar-refractivity contribution in [3.05, 3.63) is 11.6 Å². The van der Waals surface area contributed by atoms with Gasteiger partial charge < -0.3 is 9.53 Å². The maximum Gasteiger partial charge on any atom is 0.145 e. The molecular formula is C11H18O2. The van der Waals surface area contributed by atoms with E-state index in [-0.39, 0.29) is 6.61 Å². The van der Waals surface area contributed by atoms with Crippen LogP contribution in [0.15, 0.2) is 11.6 Å². The molecule has 1 aliphatic rings. The van der Waals surface area contributed by atoms with E-state index in [0.717, 1.165) is 12.9 Å². The van der Waals surface area contributed by atoms with E-state index in [4.69, 9.17) is 4.74 Å². The molecule has 0 aromatic carbocycles. The predicted molar refractivity (Wildman–Crippen MR) is 52.5 cm³/mol. The lowest BCUT2D eigenvalue weighted by atomic mass is 9.83. The number of allylic oxidation sites excluding steroid dienone is 2. The Morgan fingerprint density at radius 3 is 3.08 bits per heavy atom. The highest BCUT2D eigenvalue weighted by Gasteiger charge is 2.19. The smallest absolute Gasteiger partial charge is 0.145 e. The summed E-state index contributed by atoms with van der Waals surface area (Å²) in [6.07, 6.45) is 5.51. The molecule has 0 aromatic rings. The maximum atomic E-state index is 10.0. The van der Waals surface area contributed by atoms with E-state index in [9.17, 15) is 4.79 Å². The number of rotatable bonds is 4. The molecule has 13 heavy (non-hydrogen) atoms. The van der Waals surface area contributed by atoms with Crippen molar-refractivity contribution in [1.82, 2.24) is 0 Å². The van der Waals surface area contributed by atoms with E-state index < -0.39 is 0 Å². The monoisotopic (exact) mass is 182 g/mol. The van der Waals surface area contributed by atoms with Gasteiger partial charge in [0.15, 0.2) is 0 Å². The van der Waals surface area contributed by atoms with Crippen molar-refractivity contribution in [2.75, 3.05) is 13.2 Å². The minimum Gasteiger partial charge on any atom is -0.374 e. The summed E-state index contributed by atoms with van der Waals surface area (Å²) >= 11 is 0. The molecule has 0 fully saturated rings. The molecule has 1 rings (SSSR count). The van der Waals surface area contributed by atoms with Crippen LogP contribution in [0.4, 0.5) is 0 Å². The average Bonchev–Trinajstić information content (AvgIpc) is 2.09. The van der Waals surface area contributed by atoms with Crippen LogP contribution in [-0.2, 0) is 9.53 Å². The van der Waals surface area contributed by atoms with Gasteiger partial charge in [0, 0.05) is 0 Å². The van der Waals surface area contributed by atoms with Crippen LogP contribution >= 0.6 is 0 Å². The van der Waals surface area contributed by atoms with Crippen molar-refractivity contribution >= 4 is 6.29 Å². The largest absolute Gasteiger partial charge is 0.374 e. The highest BCUT2D eigenvalue weighted by Crippen LogP contribution is 2.28. The van der Waals surface area contributed by atoms with Crippen molar-refractivity contribution in [3.8, 4) is 0 Å². The van der Waals surface area contributed by atoms with Gasteiger partial charge in [-0.05, 0) is 31.6 Å². The van der Waals surface area contributed by atoms with E-state index in [1.54, 1.807) is 0 Å². The first-order valence-electron chi connectivity index (χ1n) is 4.92. The molecule has 0 saturated carbocycles. The van der Waals surface area contributed by atoms with E-state index in [1.807, 2.05) is 0 Å². The summed E-state index contributed by atoms with van der Waals surface area (Å²) in [5.74, 6) is 1.20. The molecule has 0 N–H and O–H groups in total. The molecule has 0 aromatic heterocycles. The molecule has 0 aliphatic heterocycles. The highest BCUT2D eigenvalue weighted by molar-refractivity contribution is 5.50. The summed E-state index contributed by atoms with van der Waals surface area (Å²) in [4.78, 5) is 10.0. The molecule has 74 valence electrons. The first kappa shape index (κ1) is 10.5. The maximum absolute atomic E-state index is 10.0. The lowest BCUT2D eigenvalue weighted by Crippen LogP contribution is -2.20. The summed E-state index contributed by atoms with van der Waals surface area (Å²) in [6, 6.07) is 0. The molecule has 0 spiro atoms. The zero-order chi connectivity index (χ0) is 9.68. The van der Waals surface area contributed by atoms with Gasteiger partial charge in [0.2, 0.25) is 0 Å². The van der Waals surface area contributed by atoms with Crippen LogP contribution in [0.2, 0.25) is 0 Å². The fourth-order valence-corrected chi connectivity index (χ4v) is 1.85. The van der Waals surface area contributed by atoms with Gasteiger partial charge in [0.25, 0.3) is 0 Å². The molecule has 0 heterocycles. The molecule has 2 heteroatoms. The first-order chi connectivity index (χ1) is 6.24. The second-order valence-corrected chi connectivity index (χ2v) is 3.88. The van der Waals surface area contributed by atoms with Gasteiger partial charge in [-0.1, -0.05) is 18.6 Å². The van der Waals surface area contributed by atoms with Crippen LogP contribution < -0.4 is 0 Å². The van der Waals surface area contributed by atoms with Crippen molar-refractivity contribution < 1.29 is 9.53 Å². The lowest BCUT2D eigenvalue weighted by Gasteiger charge is -2.26. The topological polar surface area (TPSA) is 26.3 Å². The molecule has 0 bridgehead atoms. The number of carbonyl (C=O) groups is 1. The molecule has 0 amide bonds. The van der Waals surface area contributed by atoms with Crippen LogP contribution in [0.1, 0.15) is 26.7 Å². The third-order valence-corrected chi connectivity index (χ3v) is 2.72. The summed E-state index contributed by atoms with van der Waals surface area (Å²) in [7, 11) is 0. The Kier molecular flexibility index (Phi) is 4.16. The molecular weight excluding hydrogens is 164 g/mol. The Balaban J connectivity index is 2.31. The highest BCUT2D eigenvalue weighted by atomic mass is 16.5. The minimum absolute atomic E-state index is 0.242. The Hall–Kier alpha value is -0.630. The Labute approximate surface area is 80.0 Å². The first-order valence-corrected chi connectivity index (χ1v) is 4.92. The Morgan fingerprint density at radius 2 is 2.46 bits per heavy atom. The van der Waals surface area contributed by atoms with Crippen LogP contribution in [0.25, 0.3) is 0 Å². The Bertz CT molecular complexity index is 196. The van der Waals surface area contributed by atoms with Gasteiger partial charge in [-0.25, -0.2) is 0 Å². The van der Waals surface area contributed by atoms with E-state index in [1.165, 1.54) is 18.4 Å². The van der Waals surface area contributed by atoms with Crippen molar-refractivity contribution in [1.29, 1.82) is 0 Å². The predicted octanol–water partition coefficient (Wildman–Crippen LogP) is 2.19. The SMILES string of the molecule is CC1=CC(C)C(COCC=O)CC1. The van der Waals surface area contributed by atoms with Crippen LogP contribution in [0, 0.1) is 11.8 Å². The number of aldehydes is 1. The van der Waals surface area contributed by atoms with Gasteiger partial charge in [-0.15, -0.1) is 0 Å².